The van der Waals surface area contributed by atoms with Crippen molar-refractivity contribution in [1.82, 2.24) is 0 Å². The van der Waals surface area contributed by atoms with Gasteiger partial charge in [0.2, 0.25) is 0 Å². The van der Waals surface area contributed by atoms with Crippen LogP contribution in [0.2, 0.25) is 0 Å². The second-order valence-electron chi connectivity index (χ2n) is 4.74. The van der Waals surface area contributed by atoms with E-state index in [1.165, 1.54) is 12.1 Å². The van der Waals surface area contributed by atoms with Gasteiger partial charge in [-0.25, -0.2) is 0 Å². The average molecular weight is 331 g/mol. The lowest BCUT2D eigenvalue weighted by Gasteiger charge is -2.19. The van der Waals surface area contributed by atoms with E-state index in [1.54, 1.807) is 24.3 Å². The minimum absolute atomic E-state index is 0.00266. The second-order valence-corrected chi connectivity index (χ2v) is 5.15. The summed E-state index contributed by atoms with van der Waals surface area (Å²) in [7, 11) is 0. The van der Waals surface area contributed by atoms with Gasteiger partial charge in [-0.3, -0.25) is 10.1 Å². The quantitative estimate of drug-likeness (QED) is 0.507. The Morgan fingerprint density at radius 1 is 1.04 bits per heavy atom. The fourth-order valence-electron chi connectivity index (χ4n) is 2.11. The van der Waals surface area contributed by atoms with Crippen LogP contribution in [0.15, 0.2) is 42.5 Å². The standard InChI is InChI=1S/C15H13N3O4S/c19-18(20)12-3-1-2-10(8-12)16-15(23)17-11-4-5-13-14(9-11)22-7-6-21-13/h1-5,8-9H,6-7H2,(H2,16,17,23). The first-order valence-corrected chi connectivity index (χ1v) is 7.25. The Bertz CT molecular complexity index is 766. The van der Waals surface area contributed by atoms with Crippen LogP contribution in [0, 0.1) is 10.1 Å². The number of nitro benzene ring substituents is 1. The van der Waals surface area contributed by atoms with E-state index in [1.807, 2.05) is 6.07 Å². The lowest BCUT2D eigenvalue weighted by Crippen LogP contribution is -2.20. The highest BCUT2D eigenvalue weighted by Crippen LogP contribution is 2.32. The van der Waals surface area contributed by atoms with Crippen molar-refractivity contribution in [1.29, 1.82) is 0 Å². The molecule has 0 radical (unpaired) electrons. The van der Waals surface area contributed by atoms with E-state index in [9.17, 15) is 10.1 Å². The first-order chi connectivity index (χ1) is 11.1. The van der Waals surface area contributed by atoms with Crippen LogP contribution in [-0.4, -0.2) is 23.2 Å². The SMILES string of the molecule is O=[N+]([O-])c1cccc(NC(=S)Nc2ccc3c(c2)OCCO3)c1. The molecule has 8 heteroatoms. The average Bonchev–Trinajstić information content (AvgIpc) is 2.55. The lowest BCUT2D eigenvalue weighted by atomic mass is 10.2. The Morgan fingerprint density at radius 2 is 1.74 bits per heavy atom. The van der Waals surface area contributed by atoms with Crippen LogP contribution in [0.5, 0.6) is 11.5 Å². The molecular formula is C15H13N3O4S. The molecule has 2 N–H and O–H groups in total. The Hall–Kier alpha value is -2.87. The van der Waals surface area contributed by atoms with Crippen molar-refractivity contribution >= 4 is 34.4 Å². The van der Waals surface area contributed by atoms with Gasteiger partial charge in [0.1, 0.15) is 13.2 Å². The molecule has 2 aromatic carbocycles. The van der Waals surface area contributed by atoms with E-state index < -0.39 is 4.92 Å². The maximum atomic E-state index is 10.8. The van der Waals surface area contributed by atoms with Crippen molar-refractivity contribution in [3.05, 3.63) is 52.6 Å². The summed E-state index contributed by atoms with van der Waals surface area (Å²) in [6.45, 7) is 1.04. The number of thiocarbonyl (C=S) groups is 1. The molecular weight excluding hydrogens is 318 g/mol. The zero-order valence-corrected chi connectivity index (χ0v) is 12.8. The number of fused-ring (bicyclic) bond motifs is 1. The van der Waals surface area contributed by atoms with E-state index in [0.717, 1.165) is 5.69 Å². The highest BCUT2D eigenvalue weighted by Gasteiger charge is 2.12. The number of hydrogen-bond donors (Lipinski definition) is 2. The maximum Gasteiger partial charge on any atom is 0.271 e. The van der Waals surface area contributed by atoms with Crippen LogP contribution < -0.4 is 20.1 Å². The molecule has 118 valence electrons. The van der Waals surface area contributed by atoms with E-state index in [0.29, 0.717) is 35.5 Å². The molecule has 0 fully saturated rings. The van der Waals surface area contributed by atoms with E-state index >= 15 is 0 Å². The summed E-state index contributed by atoms with van der Waals surface area (Å²) in [5, 5.41) is 17.0. The molecule has 2 aromatic rings. The van der Waals surface area contributed by atoms with Crippen molar-refractivity contribution in [3.63, 3.8) is 0 Å². The highest BCUT2D eigenvalue weighted by molar-refractivity contribution is 7.80. The summed E-state index contributed by atoms with van der Waals surface area (Å²) in [4.78, 5) is 10.3. The van der Waals surface area contributed by atoms with Gasteiger partial charge >= 0.3 is 0 Å². The molecule has 1 aliphatic rings. The van der Waals surface area contributed by atoms with E-state index in [2.05, 4.69) is 10.6 Å². The molecule has 0 aliphatic carbocycles. The van der Waals surface area contributed by atoms with Crippen LogP contribution in [-0.2, 0) is 0 Å². The van der Waals surface area contributed by atoms with Crippen LogP contribution in [0.1, 0.15) is 0 Å². The van der Waals surface area contributed by atoms with Crippen molar-refractivity contribution < 1.29 is 14.4 Å². The third-order valence-corrected chi connectivity index (χ3v) is 3.32. The fraction of sp³-hybridized carbons (Fsp3) is 0.133. The number of nitrogens with zero attached hydrogens (tertiary/aromatic N) is 1. The minimum atomic E-state index is -0.456. The number of hydrogen-bond acceptors (Lipinski definition) is 5. The summed E-state index contributed by atoms with van der Waals surface area (Å²) in [6.07, 6.45) is 0. The van der Waals surface area contributed by atoms with Crippen LogP contribution >= 0.6 is 12.2 Å². The molecule has 0 bridgehead atoms. The van der Waals surface area contributed by atoms with Gasteiger partial charge in [-0.1, -0.05) is 6.07 Å². The molecule has 3 rings (SSSR count). The van der Waals surface area contributed by atoms with Gasteiger partial charge in [0, 0.05) is 29.6 Å². The summed E-state index contributed by atoms with van der Waals surface area (Å²) in [6, 6.07) is 11.5. The van der Waals surface area contributed by atoms with Crippen LogP contribution in [0.25, 0.3) is 0 Å². The monoisotopic (exact) mass is 331 g/mol. The Kier molecular flexibility index (Phi) is 4.24. The first kappa shape index (κ1) is 15.0. The predicted molar refractivity (Wildman–Crippen MR) is 90.4 cm³/mol. The van der Waals surface area contributed by atoms with Gasteiger partial charge < -0.3 is 20.1 Å². The molecule has 1 heterocycles. The first-order valence-electron chi connectivity index (χ1n) is 6.84. The smallest absolute Gasteiger partial charge is 0.271 e. The summed E-state index contributed by atoms with van der Waals surface area (Å²) in [5.74, 6) is 1.35. The number of rotatable bonds is 3. The molecule has 0 saturated carbocycles. The number of anilines is 2. The number of non-ortho nitro benzene ring substituents is 1. The summed E-state index contributed by atoms with van der Waals surface area (Å²) < 4.78 is 11.0. The van der Waals surface area contributed by atoms with Crippen LogP contribution in [0.4, 0.5) is 17.1 Å². The Balaban J connectivity index is 1.67. The van der Waals surface area contributed by atoms with E-state index in [4.69, 9.17) is 21.7 Å². The Morgan fingerprint density at radius 3 is 2.48 bits per heavy atom. The highest BCUT2D eigenvalue weighted by atomic mass is 32.1. The molecule has 0 saturated heterocycles. The largest absolute Gasteiger partial charge is 0.486 e. The normalized spacial score (nSPS) is 12.3. The van der Waals surface area contributed by atoms with Crippen molar-refractivity contribution in [2.75, 3.05) is 23.8 Å². The van der Waals surface area contributed by atoms with Gasteiger partial charge in [0.25, 0.3) is 5.69 Å². The van der Waals surface area contributed by atoms with Gasteiger partial charge in [-0.15, -0.1) is 0 Å². The van der Waals surface area contributed by atoms with Crippen molar-refractivity contribution in [2.24, 2.45) is 0 Å². The van der Waals surface area contributed by atoms with Crippen molar-refractivity contribution in [3.8, 4) is 11.5 Å². The third-order valence-electron chi connectivity index (χ3n) is 3.11. The van der Waals surface area contributed by atoms with Gasteiger partial charge in [-0.05, 0) is 30.4 Å². The van der Waals surface area contributed by atoms with Gasteiger partial charge in [0.05, 0.1) is 4.92 Å². The Labute approximate surface area is 137 Å². The third kappa shape index (κ3) is 3.67. The molecule has 23 heavy (non-hydrogen) atoms. The molecule has 0 unspecified atom stereocenters. The van der Waals surface area contributed by atoms with Crippen LogP contribution in [0.3, 0.4) is 0 Å². The molecule has 0 amide bonds. The molecule has 0 spiro atoms. The van der Waals surface area contributed by atoms with E-state index in [-0.39, 0.29) is 5.69 Å². The topological polar surface area (TPSA) is 85.7 Å². The number of nitro groups is 1. The molecule has 1 aliphatic heterocycles. The fourth-order valence-corrected chi connectivity index (χ4v) is 2.35. The zero-order valence-electron chi connectivity index (χ0n) is 11.9. The minimum Gasteiger partial charge on any atom is -0.486 e. The number of benzene rings is 2. The zero-order chi connectivity index (χ0) is 16.2. The number of nitrogens with one attached hydrogen (secondary N) is 2. The second kappa shape index (κ2) is 6.49. The lowest BCUT2D eigenvalue weighted by molar-refractivity contribution is -0.384. The molecule has 0 aromatic heterocycles. The summed E-state index contributed by atoms with van der Waals surface area (Å²) in [5.41, 5.74) is 1.27. The predicted octanol–water partition coefficient (Wildman–Crippen LogP) is 3.17. The number of ether oxygens (including phenoxy) is 2. The van der Waals surface area contributed by atoms with Crippen molar-refractivity contribution in [2.45, 2.75) is 0 Å². The van der Waals surface area contributed by atoms with Gasteiger partial charge in [0.15, 0.2) is 16.6 Å². The molecule has 7 nitrogen and oxygen atoms in total. The van der Waals surface area contributed by atoms with Gasteiger partial charge in [-0.2, -0.15) is 0 Å². The molecule has 0 atom stereocenters. The summed E-state index contributed by atoms with van der Waals surface area (Å²) >= 11 is 5.22. The maximum absolute atomic E-state index is 10.8.